The Morgan fingerprint density at radius 3 is 2.29 bits per heavy atom. The van der Waals surface area contributed by atoms with Crippen LogP contribution in [0.15, 0.2) is 41.1 Å². The summed E-state index contributed by atoms with van der Waals surface area (Å²) < 4.78 is 0. The SMILES string of the molecule is C\C=C/C=C\C(C)=N\C=C(/C)C(C)C. The van der Waals surface area contributed by atoms with E-state index >= 15 is 0 Å². The second-order valence-electron chi connectivity index (χ2n) is 3.68. The van der Waals surface area contributed by atoms with Gasteiger partial charge in [0.15, 0.2) is 0 Å². The summed E-state index contributed by atoms with van der Waals surface area (Å²) in [6, 6.07) is 0. The molecule has 0 bridgehead atoms. The van der Waals surface area contributed by atoms with Gasteiger partial charge in [-0.25, -0.2) is 0 Å². The average molecular weight is 191 g/mol. The monoisotopic (exact) mass is 191 g/mol. The van der Waals surface area contributed by atoms with Crippen LogP contribution in [0.1, 0.15) is 34.6 Å². The highest BCUT2D eigenvalue weighted by molar-refractivity contribution is 5.93. The smallest absolute Gasteiger partial charge is 0.0372 e. The molecule has 0 spiro atoms. The van der Waals surface area contributed by atoms with E-state index in [0.29, 0.717) is 5.92 Å². The van der Waals surface area contributed by atoms with Crippen molar-refractivity contribution in [1.82, 2.24) is 0 Å². The van der Waals surface area contributed by atoms with Crippen molar-refractivity contribution in [1.29, 1.82) is 0 Å². The molecular formula is C13H21N. The topological polar surface area (TPSA) is 12.4 Å². The summed E-state index contributed by atoms with van der Waals surface area (Å²) in [6.07, 6.45) is 9.94. The van der Waals surface area contributed by atoms with Crippen molar-refractivity contribution in [3.63, 3.8) is 0 Å². The second kappa shape index (κ2) is 7.31. The van der Waals surface area contributed by atoms with Gasteiger partial charge in [0.05, 0.1) is 0 Å². The van der Waals surface area contributed by atoms with Gasteiger partial charge in [0.2, 0.25) is 0 Å². The Morgan fingerprint density at radius 2 is 1.79 bits per heavy atom. The third-order valence-corrected chi connectivity index (χ3v) is 2.02. The van der Waals surface area contributed by atoms with Gasteiger partial charge in [0.25, 0.3) is 0 Å². The van der Waals surface area contributed by atoms with Crippen molar-refractivity contribution in [2.45, 2.75) is 34.6 Å². The Morgan fingerprint density at radius 1 is 1.14 bits per heavy atom. The lowest BCUT2D eigenvalue weighted by atomic mass is 10.1. The van der Waals surface area contributed by atoms with Crippen molar-refractivity contribution in [3.05, 3.63) is 36.1 Å². The fourth-order valence-corrected chi connectivity index (χ4v) is 0.702. The number of nitrogens with zero attached hydrogens (tertiary/aromatic N) is 1. The third-order valence-electron chi connectivity index (χ3n) is 2.02. The van der Waals surface area contributed by atoms with Crippen molar-refractivity contribution in [2.24, 2.45) is 10.9 Å². The highest BCUT2D eigenvalue weighted by Crippen LogP contribution is 2.07. The number of aliphatic imine (C=N–C) groups is 1. The van der Waals surface area contributed by atoms with Crippen molar-refractivity contribution < 1.29 is 0 Å². The lowest BCUT2D eigenvalue weighted by molar-refractivity contribution is 0.766. The maximum atomic E-state index is 4.35. The molecule has 0 N–H and O–H groups in total. The molecule has 0 aromatic carbocycles. The van der Waals surface area contributed by atoms with Crippen LogP contribution >= 0.6 is 0 Å². The Balaban J connectivity index is 4.31. The van der Waals surface area contributed by atoms with E-state index in [1.54, 1.807) is 0 Å². The summed E-state index contributed by atoms with van der Waals surface area (Å²) >= 11 is 0. The average Bonchev–Trinajstić information content (AvgIpc) is 2.14. The van der Waals surface area contributed by atoms with Crippen molar-refractivity contribution in [3.8, 4) is 0 Å². The zero-order valence-corrected chi connectivity index (χ0v) is 9.91. The first-order chi connectivity index (χ1) is 6.57. The largest absolute Gasteiger partial charge is 0.262 e. The lowest BCUT2D eigenvalue weighted by Crippen LogP contribution is -1.88. The molecule has 0 aromatic heterocycles. The zero-order chi connectivity index (χ0) is 11.0. The molecule has 0 fully saturated rings. The highest BCUT2D eigenvalue weighted by Gasteiger charge is 1.93. The second-order valence-corrected chi connectivity index (χ2v) is 3.68. The minimum Gasteiger partial charge on any atom is -0.262 e. The standard InChI is InChI=1S/C13H21N/c1-6-7-8-9-13(5)14-10-12(4)11(2)3/h6-11H,1-5H3/b7-6-,9-8-,12-10+,14-13+. The number of allylic oxidation sites excluding steroid dienone is 5. The van der Waals surface area contributed by atoms with Crippen LogP contribution in [0, 0.1) is 5.92 Å². The van der Waals surface area contributed by atoms with E-state index in [1.807, 2.05) is 44.4 Å². The molecule has 0 aliphatic rings. The van der Waals surface area contributed by atoms with Gasteiger partial charge in [0, 0.05) is 11.9 Å². The number of rotatable bonds is 4. The van der Waals surface area contributed by atoms with E-state index < -0.39 is 0 Å². The summed E-state index contributed by atoms with van der Waals surface area (Å²) in [5.41, 5.74) is 2.34. The molecule has 78 valence electrons. The molecule has 0 aliphatic heterocycles. The number of hydrogen-bond donors (Lipinski definition) is 0. The fraction of sp³-hybridized carbons (Fsp3) is 0.462. The van der Waals surface area contributed by atoms with Gasteiger partial charge in [-0.05, 0) is 32.8 Å². The van der Waals surface area contributed by atoms with Crippen LogP contribution in [-0.2, 0) is 0 Å². The predicted molar refractivity (Wildman–Crippen MR) is 65.7 cm³/mol. The molecule has 0 unspecified atom stereocenters. The molecule has 0 heterocycles. The van der Waals surface area contributed by atoms with Crippen LogP contribution < -0.4 is 0 Å². The van der Waals surface area contributed by atoms with Gasteiger partial charge in [-0.15, -0.1) is 0 Å². The first kappa shape index (κ1) is 12.9. The van der Waals surface area contributed by atoms with Gasteiger partial charge in [-0.1, -0.05) is 37.6 Å². The van der Waals surface area contributed by atoms with Crippen LogP contribution in [0.3, 0.4) is 0 Å². The van der Waals surface area contributed by atoms with E-state index in [2.05, 4.69) is 25.8 Å². The van der Waals surface area contributed by atoms with Crippen molar-refractivity contribution >= 4 is 5.71 Å². The molecule has 0 amide bonds. The Hall–Kier alpha value is -1.11. The maximum absolute atomic E-state index is 4.35. The van der Waals surface area contributed by atoms with Gasteiger partial charge in [-0.2, -0.15) is 0 Å². The number of hydrogen-bond acceptors (Lipinski definition) is 1. The summed E-state index contributed by atoms with van der Waals surface area (Å²) in [5.74, 6) is 0.575. The Labute approximate surface area is 87.9 Å². The fourth-order valence-electron chi connectivity index (χ4n) is 0.702. The highest BCUT2D eigenvalue weighted by atomic mass is 14.7. The molecule has 0 radical (unpaired) electrons. The molecule has 0 atom stereocenters. The van der Waals surface area contributed by atoms with E-state index in [1.165, 1.54) is 5.57 Å². The first-order valence-corrected chi connectivity index (χ1v) is 5.08. The first-order valence-electron chi connectivity index (χ1n) is 5.08. The minimum atomic E-state index is 0.575. The summed E-state index contributed by atoms with van der Waals surface area (Å²) in [6.45, 7) is 10.5. The molecule has 0 saturated carbocycles. The molecule has 0 rings (SSSR count). The summed E-state index contributed by atoms with van der Waals surface area (Å²) in [4.78, 5) is 4.35. The molecular weight excluding hydrogens is 170 g/mol. The van der Waals surface area contributed by atoms with Gasteiger partial charge in [-0.3, -0.25) is 4.99 Å². The molecule has 0 aliphatic carbocycles. The molecule has 1 heteroatoms. The molecule has 0 saturated heterocycles. The van der Waals surface area contributed by atoms with E-state index in [-0.39, 0.29) is 0 Å². The van der Waals surface area contributed by atoms with E-state index in [4.69, 9.17) is 0 Å². The minimum absolute atomic E-state index is 0.575. The Bertz CT molecular complexity index is 265. The third kappa shape index (κ3) is 6.41. The quantitative estimate of drug-likeness (QED) is 0.468. The maximum Gasteiger partial charge on any atom is 0.0372 e. The Kier molecular flexibility index (Phi) is 6.73. The molecule has 0 aromatic rings. The summed E-state index contributed by atoms with van der Waals surface area (Å²) in [5, 5.41) is 0. The lowest BCUT2D eigenvalue weighted by Gasteiger charge is -2.01. The van der Waals surface area contributed by atoms with E-state index in [9.17, 15) is 0 Å². The van der Waals surface area contributed by atoms with E-state index in [0.717, 1.165) is 5.71 Å². The van der Waals surface area contributed by atoms with Crippen LogP contribution in [-0.4, -0.2) is 5.71 Å². The normalized spacial score (nSPS) is 15.0. The van der Waals surface area contributed by atoms with Gasteiger partial charge >= 0.3 is 0 Å². The van der Waals surface area contributed by atoms with Crippen LogP contribution in [0.2, 0.25) is 0 Å². The predicted octanol–water partition coefficient (Wildman–Crippen LogP) is 4.14. The van der Waals surface area contributed by atoms with Crippen molar-refractivity contribution in [2.75, 3.05) is 0 Å². The van der Waals surface area contributed by atoms with Crippen LogP contribution in [0.5, 0.6) is 0 Å². The molecule has 1 nitrogen and oxygen atoms in total. The molecule has 14 heavy (non-hydrogen) atoms. The van der Waals surface area contributed by atoms with Crippen LogP contribution in [0.4, 0.5) is 0 Å². The van der Waals surface area contributed by atoms with Gasteiger partial charge in [0.1, 0.15) is 0 Å². The zero-order valence-electron chi connectivity index (χ0n) is 9.91. The van der Waals surface area contributed by atoms with Crippen LogP contribution in [0.25, 0.3) is 0 Å². The van der Waals surface area contributed by atoms with Gasteiger partial charge < -0.3 is 0 Å². The summed E-state index contributed by atoms with van der Waals surface area (Å²) in [7, 11) is 0.